The van der Waals surface area contributed by atoms with Crippen molar-refractivity contribution in [3.63, 3.8) is 0 Å². The lowest BCUT2D eigenvalue weighted by Gasteiger charge is -2.10. The van der Waals surface area contributed by atoms with Crippen molar-refractivity contribution in [1.29, 1.82) is 0 Å². The van der Waals surface area contributed by atoms with Gasteiger partial charge in [0, 0.05) is 25.1 Å². The number of rotatable bonds is 10. The van der Waals surface area contributed by atoms with Gasteiger partial charge < -0.3 is 16.0 Å². The van der Waals surface area contributed by atoms with Crippen molar-refractivity contribution in [3.8, 4) is 11.1 Å². The fourth-order valence-electron chi connectivity index (χ4n) is 3.27. The molecular formula is C26H24F3N3O3. The second-order valence-electron chi connectivity index (χ2n) is 7.68. The smallest absolute Gasteiger partial charge is 0.254 e. The molecule has 0 saturated heterocycles. The third-order valence-corrected chi connectivity index (χ3v) is 5.13. The Morgan fingerprint density at radius 3 is 2.17 bits per heavy atom. The zero-order valence-electron chi connectivity index (χ0n) is 18.7. The Bertz CT molecular complexity index is 1200. The summed E-state index contributed by atoms with van der Waals surface area (Å²) in [6, 6.07) is 15.5. The molecular weight excluding hydrogens is 459 g/mol. The molecule has 3 rings (SSSR count). The summed E-state index contributed by atoms with van der Waals surface area (Å²) < 4.78 is 41.1. The van der Waals surface area contributed by atoms with Crippen LogP contribution < -0.4 is 16.0 Å². The van der Waals surface area contributed by atoms with Crippen LogP contribution in [0, 0.1) is 17.5 Å². The molecule has 3 aromatic rings. The fourth-order valence-corrected chi connectivity index (χ4v) is 3.27. The van der Waals surface area contributed by atoms with Gasteiger partial charge in [0.15, 0.2) is 0 Å². The maximum atomic E-state index is 14.2. The van der Waals surface area contributed by atoms with Gasteiger partial charge in [0.1, 0.15) is 17.5 Å². The van der Waals surface area contributed by atoms with E-state index in [1.165, 1.54) is 42.5 Å². The van der Waals surface area contributed by atoms with E-state index in [0.29, 0.717) is 12.0 Å². The highest BCUT2D eigenvalue weighted by atomic mass is 19.1. The quantitative estimate of drug-likeness (QED) is 0.387. The first-order valence-corrected chi connectivity index (χ1v) is 10.9. The van der Waals surface area contributed by atoms with Crippen LogP contribution in [0.5, 0.6) is 0 Å². The zero-order chi connectivity index (χ0) is 25.2. The van der Waals surface area contributed by atoms with Gasteiger partial charge in [-0.3, -0.25) is 14.4 Å². The van der Waals surface area contributed by atoms with Crippen LogP contribution in [0.4, 0.5) is 13.2 Å². The van der Waals surface area contributed by atoms with Gasteiger partial charge in [-0.1, -0.05) is 36.4 Å². The number of hydrogen-bond acceptors (Lipinski definition) is 3. The molecule has 6 nitrogen and oxygen atoms in total. The highest BCUT2D eigenvalue weighted by Crippen LogP contribution is 2.24. The van der Waals surface area contributed by atoms with E-state index in [1.54, 1.807) is 18.2 Å². The fraction of sp³-hybridized carbons (Fsp3) is 0.192. The van der Waals surface area contributed by atoms with Crippen LogP contribution in [0.3, 0.4) is 0 Å². The van der Waals surface area contributed by atoms with E-state index in [4.69, 9.17) is 0 Å². The van der Waals surface area contributed by atoms with Gasteiger partial charge in [0.25, 0.3) is 5.91 Å². The molecule has 0 radical (unpaired) electrons. The lowest BCUT2D eigenvalue weighted by atomic mass is 10.0. The average molecular weight is 483 g/mol. The number of amides is 3. The van der Waals surface area contributed by atoms with E-state index in [9.17, 15) is 27.6 Å². The molecule has 0 atom stereocenters. The van der Waals surface area contributed by atoms with E-state index in [2.05, 4.69) is 16.0 Å². The molecule has 182 valence electrons. The largest absolute Gasteiger partial charge is 0.353 e. The summed E-state index contributed by atoms with van der Waals surface area (Å²) in [5, 5.41) is 7.51. The molecule has 9 heteroatoms. The van der Waals surface area contributed by atoms with Crippen LogP contribution >= 0.6 is 0 Å². The first-order valence-electron chi connectivity index (χ1n) is 10.9. The molecule has 0 spiro atoms. The molecule has 0 aliphatic rings. The van der Waals surface area contributed by atoms with Gasteiger partial charge in [0.2, 0.25) is 11.8 Å². The minimum absolute atomic E-state index is 0.0203. The third-order valence-electron chi connectivity index (χ3n) is 5.13. The molecule has 0 aliphatic heterocycles. The van der Waals surface area contributed by atoms with Gasteiger partial charge in [0.05, 0.1) is 12.1 Å². The number of nitrogens with one attached hydrogen (secondary N) is 3. The second-order valence-corrected chi connectivity index (χ2v) is 7.68. The van der Waals surface area contributed by atoms with Gasteiger partial charge in [-0.05, 0) is 47.9 Å². The minimum atomic E-state index is -0.755. The molecule has 3 amide bonds. The molecule has 3 N–H and O–H groups in total. The van der Waals surface area contributed by atoms with E-state index < -0.39 is 23.4 Å². The topological polar surface area (TPSA) is 87.3 Å². The number of aryl methyl sites for hydroxylation is 1. The van der Waals surface area contributed by atoms with E-state index in [1.807, 2.05) is 0 Å². The van der Waals surface area contributed by atoms with E-state index in [-0.39, 0.29) is 48.9 Å². The van der Waals surface area contributed by atoms with Crippen LogP contribution in [0.25, 0.3) is 11.1 Å². The number of benzene rings is 3. The van der Waals surface area contributed by atoms with Crippen molar-refractivity contribution >= 4 is 17.7 Å². The molecule has 3 aromatic carbocycles. The molecule has 0 saturated carbocycles. The second kappa shape index (κ2) is 12.4. The minimum Gasteiger partial charge on any atom is -0.353 e. The van der Waals surface area contributed by atoms with Crippen LogP contribution in [0.2, 0.25) is 0 Å². The molecule has 0 fully saturated rings. The lowest BCUT2D eigenvalue weighted by molar-refractivity contribution is -0.126. The number of carbonyl (C=O) groups excluding carboxylic acids is 3. The van der Waals surface area contributed by atoms with Crippen molar-refractivity contribution in [1.82, 2.24) is 16.0 Å². The number of hydrogen-bond donors (Lipinski definition) is 3. The van der Waals surface area contributed by atoms with Gasteiger partial charge in [-0.2, -0.15) is 0 Å². The Hall–Kier alpha value is -4.14. The Morgan fingerprint density at radius 2 is 1.43 bits per heavy atom. The Balaban J connectivity index is 1.38. The summed E-state index contributed by atoms with van der Waals surface area (Å²) in [6.07, 6.45) is 0.556. The van der Waals surface area contributed by atoms with Crippen LogP contribution in [-0.4, -0.2) is 37.4 Å². The van der Waals surface area contributed by atoms with Crippen LogP contribution in [-0.2, 0) is 16.0 Å². The van der Waals surface area contributed by atoms with Crippen molar-refractivity contribution in [2.75, 3.05) is 19.6 Å². The molecule has 0 heterocycles. The maximum Gasteiger partial charge on any atom is 0.254 e. The summed E-state index contributed by atoms with van der Waals surface area (Å²) in [5.74, 6) is -3.09. The summed E-state index contributed by atoms with van der Waals surface area (Å²) in [4.78, 5) is 36.1. The third kappa shape index (κ3) is 7.70. The van der Waals surface area contributed by atoms with Crippen molar-refractivity contribution < 1.29 is 27.6 Å². The SMILES string of the molecule is O=C(CCc1ccc(F)cc1)NCC(=O)NCCNC(=O)c1cc(-c2ccccc2F)ccc1F. The van der Waals surface area contributed by atoms with Crippen LogP contribution in [0.1, 0.15) is 22.3 Å². The monoisotopic (exact) mass is 483 g/mol. The van der Waals surface area contributed by atoms with E-state index in [0.717, 1.165) is 11.6 Å². The number of carbonyl (C=O) groups is 3. The molecule has 0 aliphatic carbocycles. The van der Waals surface area contributed by atoms with Gasteiger partial charge in [-0.15, -0.1) is 0 Å². The zero-order valence-corrected chi connectivity index (χ0v) is 18.7. The summed E-state index contributed by atoms with van der Waals surface area (Å²) in [5.41, 5.74) is 1.16. The molecule has 0 unspecified atom stereocenters. The van der Waals surface area contributed by atoms with Crippen molar-refractivity contribution in [3.05, 3.63) is 95.3 Å². The summed E-state index contributed by atoms with van der Waals surface area (Å²) >= 11 is 0. The van der Waals surface area contributed by atoms with Crippen molar-refractivity contribution in [2.24, 2.45) is 0 Å². The van der Waals surface area contributed by atoms with Gasteiger partial charge in [-0.25, -0.2) is 13.2 Å². The Labute approximate surface area is 200 Å². The van der Waals surface area contributed by atoms with Crippen molar-refractivity contribution in [2.45, 2.75) is 12.8 Å². The predicted molar refractivity (Wildman–Crippen MR) is 125 cm³/mol. The predicted octanol–water partition coefficient (Wildman–Crippen LogP) is 3.37. The molecule has 0 aromatic heterocycles. The highest BCUT2D eigenvalue weighted by Gasteiger charge is 2.14. The Morgan fingerprint density at radius 1 is 0.714 bits per heavy atom. The molecule has 0 bridgehead atoms. The number of halogens is 3. The average Bonchev–Trinajstić information content (AvgIpc) is 2.85. The standard InChI is InChI=1S/C26H24F3N3O3/c27-19-9-5-17(6-10-19)7-12-24(33)32-16-25(34)30-13-14-31-26(35)21-15-18(8-11-23(21)29)20-3-1-2-4-22(20)28/h1-6,8-11,15H,7,12-14,16H2,(H,30,34)(H,31,35)(H,32,33). The van der Waals surface area contributed by atoms with Gasteiger partial charge >= 0.3 is 0 Å². The summed E-state index contributed by atoms with van der Waals surface area (Å²) in [7, 11) is 0. The first-order chi connectivity index (χ1) is 16.8. The summed E-state index contributed by atoms with van der Waals surface area (Å²) in [6.45, 7) is -0.160. The Kier molecular flexibility index (Phi) is 9.00. The first kappa shape index (κ1) is 25.5. The molecule has 35 heavy (non-hydrogen) atoms. The normalized spacial score (nSPS) is 10.5. The maximum absolute atomic E-state index is 14.2. The van der Waals surface area contributed by atoms with E-state index >= 15 is 0 Å². The lowest BCUT2D eigenvalue weighted by Crippen LogP contribution is -2.40. The highest BCUT2D eigenvalue weighted by molar-refractivity contribution is 5.95. The van der Waals surface area contributed by atoms with Crippen LogP contribution in [0.15, 0.2) is 66.7 Å².